The summed E-state index contributed by atoms with van der Waals surface area (Å²) in [5, 5.41) is 12.4. The molecule has 8 rings (SSSR count). The topological polar surface area (TPSA) is 89.5 Å². The average Bonchev–Trinajstić information content (AvgIpc) is 3.10. The number of hydrogen-bond donors (Lipinski definition) is 0. The summed E-state index contributed by atoms with van der Waals surface area (Å²) in [5.41, 5.74) is 6.62. The molecule has 0 saturated heterocycles. The van der Waals surface area contributed by atoms with Crippen LogP contribution in [0.2, 0.25) is 0 Å². The van der Waals surface area contributed by atoms with E-state index in [4.69, 9.17) is 23.7 Å². The smallest absolute Gasteiger partial charge is 0.169 e. The van der Waals surface area contributed by atoms with Gasteiger partial charge in [-0.2, -0.15) is 0 Å². The highest BCUT2D eigenvalue weighted by Gasteiger charge is 2.44. The number of carboxylic acid groups (broad SMARTS) is 1. The Balaban J connectivity index is 1.46. The van der Waals surface area contributed by atoms with Gasteiger partial charge in [0, 0.05) is 42.6 Å². The summed E-state index contributed by atoms with van der Waals surface area (Å²) < 4.78 is 31.1. The van der Waals surface area contributed by atoms with Crippen molar-refractivity contribution in [3.63, 3.8) is 0 Å². The van der Waals surface area contributed by atoms with E-state index in [0.717, 1.165) is 46.5 Å². The van der Waals surface area contributed by atoms with E-state index in [1.54, 1.807) is 28.3 Å². The van der Waals surface area contributed by atoms with Crippen molar-refractivity contribution in [3.8, 4) is 40.2 Å². The van der Waals surface area contributed by atoms with Gasteiger partial charge in [-0.05, 0) is 91.5 Å². The number of carboxylic acids is 1. The Bertz CT molecular complexity index is 1890. The van der Waals surface area contributed by atoms with Gasteiger partial charge in [0.1, 0.15) is 29.3 Å². The van der Waals surface area contributed by atoms with E-state index in [-0.39, 0.29) is 12.1 Å². The third kappa shape index (κ3) is 5.95. The molecule has 4 aliphatic heterocycles. The number of hydrogen-bond acceptors (Lipinski definition) is 8. The molecule has 4 unspecified atom stereocenters. The molecule has 0 spiro atoms. The van der Waals surface area contributed by atoms with E-state index >= 15 is 0 Å². The Kier molecular flexibility index (Phi) is 8.67. The number of methoxy groups -OCH3 is 3. The SMILES string of the molecule is COc1cc2c3c(c1)Oc1cc4c(cc1OC)CC[N+](C)(C(C)C(=O)[O-])C4Cc1ccc(cc1)Oc1cc(ccc1OC)CC3N(C)CC2. The van der Waals surface area contributed by atoms with Crippen molar-refractivity contribution < 1.29 is 38.1 Å². The maximum atomic E-state index is 12.4. The molecule has 0 fully saturated rings. The number of rotatable bonds is 5. The predicted octanol–water partition coefficient (Wildman–Crippen LogP) is 5.81. The van der Waals surface area contributed by atoms with Crippen molar-refractivity contribution in [1.29, 1.82) is 0 Å². The highest BCUT2D eigenvalue weighted by molar-refractivity contribution is 5.69. The van der Waals surface area contributed by atoms with Gasteiger partial charge in [0.05, 0.1) is 40.9 Å². The molecule has 0 radical (unpaired) electrons. The van der Waals surface area contributed by atoms with Crippen molar-refractivity contribution in [2.75, 3.05) is 48.5 Å². The van der Waals surface area contributed by atoms with Crippen molar-refractivity contribution in [2.45, 2.75) is 50.7 Å². The molecule has 0 aromatic heterocycles. The lowest BCUT2D eigenvalue weighted by Gasteiger charge is -2.50. The van der Waals surface area contributed by atoms with Gasteiger partial charge in [-0.15, -0.1) is 0 Å². The number of carbonyl (C=O) groups is 1. The van der Waals surface area contributed by atoms with Gasteiger partial charge in [-0.1, -0.05) is 18.2 Å². The molecule has 49 heavy (non-hydrogen) atoms. The normalized spacial score (nSPS) is 22.0. The van der Waals surface area contributed by atoms with Crippen molar-refractivity contribution in [3.05, 3.63) is 100 Å². The van der Waals surface area contributed by atoms with Crippen LogP contribution in [0.15, 0.2) is 66.7 Å². The maximum Gasteiger partial charge on any atom is 0.169 e. The van der Waals surface area contributed by atoms with Gasteiger partial charge in [0.2, 0.25) is 0 Å². The Labute approximate surface area is 288 Å². The van der Waals surface area contributed by atoms with Crippen LogP contribution in [0.3, 0.4) is 0 Å². The van der Waals surface area contributed by atoms with Gasteiger partial charge in [0.25, 0.3) is 0 Å². The number of nitrogens with zero attached hydrogens (tertiary/aromatic N) is 2. The first kappa shape index (κ1) is 32.8. The quantitative estimate of drug-likeness (QED) is 0.247. The van der Waals surface area contributed by atoms with Gasteiger partial charge >= 0.3 is 0 Å². The van der Waals surface area contributed by atoms with Gasteiger partial charge in [-0.25, -0.2) is 0 Å². The summed E-state index contributed by atoms with van der Waals surface area (Å²) in [5.74, 6) is 3.57. The Morgan fingerprint density at radius 3 is 2.29 bits per heavy atom. The van der Waals surface area contributed by atoms with Crippen LogP contribution < -0.4 is 28.8 Å². The van der Waals surface area contributed by atoms with Crippen LogP contribution in [0, 0.1) is 0 Å². The Morgan fingerprint density at radius 1 is 0.837 bits per heavy atom. The average molecular weight is 665 g/mol. The fraction of sp³-hybridized carbons (Fsp3) is 0.375. The molecule has 4 heterocycles. The van der Waals surface area contributed by atoms with Gasteiger partial charge in [0.15, 0.2) is 23.0 Å². The fourth-order valence-electron chi connectivity index (χ4n) is 7.93. The molecule has 9 heteroatoms. The lowest BCUT2D eigenvalue weighted by molar-refractivity contribution is -0.956. The monoisotopic (exact) mass is 664 g/mol. The first-order chi connectivity index (χ1) is 23.6. The third-order valence-corrected chi connectivity index (χ3v) is 11.1. The zero-order valence-corrected chi connectivity index (χ0v) is 29.1. The zero-order valence-electron chi connectivity index (χ0n) is 29.1. The molecule has 9 nitrogen and oxygen atoms in total. The van der Waals surface area contributed by atoms with Crippen LogP contribution in [0.4, 0.5) is 0 Å². The second-order valence-electron chi connectivity index (χ2n) is 13.7. The number of benzene rings is 4. The molecule has 4 aliphatic rings. The largest absolute Gasteiger partial charge is 0.544 e. The number of likely N-dealkylation sites (N-methyl/N-ethyl adjacent to an activating group) is 2. The van der Waals surface area contributed by atoms with E-state index in [1.165, 1.54) is 5.56 Å². The van der Waals surface area contributed by atoms with Gasteiger partial charge < -0.3 is 38.1 Å². The van der Waals surface area contributed by atoms with E-state index in [0.29, 0.717) is 64.8 Å². The minimum absolute atomic E-state index is 0.00399. The molecular formula is C40H44N2O7. The first-order valence-corrected chi connectivity index (χ1v) is 16.9. The summed E-state index contributed by atoms with van der Waals surface area (Å²) in [6, 6.07) is 21.4. The van der Waals surface area contributed by atoms with E-state index in [1.807, 2.05) is 31.3 Å². The highest BCUT2D eigenvalue weighted by Crippen LogP contribution is 2.48. The summed E-state index contributed by atoms with van der Waals surface area (Å²) in [7, 11) is 9.16. The number of ether oxygens (including phenoxy) is 5. The van der Waals surface area contributed by atoms with Crippen LogP contribution in [-0.4, -0.2) is 69.9 Å². The minimum Gasteiger partial charge on any atom is -0.544 e. The number of aliphatic carboxylic acids is 1. The standard InChI is InChI=1S/C40H44N2O7/c1-24(40(43)44)42(3)16-14-27-21-35(47-6)37-23-31(27)33(42)18-25-7-10-29(11-8-25)48-36-19-26(9-12-34(36)46-5)17-32-39-28(13-15-41(32)2)20-30(45-4)22-38(39)49-37/h7-12,19-24,32-33H,13-18H2,1-6H3. The highest BCUT2D eigenvalue weighted by atomic mass is 16.5. The van der Waals surface area contributed by atoms with Crippen molar-refractivity contribution in [2.24, 2.45) is 0 Å². The van der Waals surface area contributed by atoms with Crippen LogP contribution in [-0.2, 0) is 30.5 Å². The maximum absolute atomic E-state index is 12.4. The fourth-order valence-corrected chi connectivity index (χ4v) is 7.93. The van der Waals surface area contributed by atoms with Crippen LogP contribution in [0.1, 0.15) is 52.4 Å². The molecule has 0 aliphatic carbocycles. The van der Waals surface area contributed by atoms with Crippen LogP contribution >= 0.6 is 0 Å². The van der Waals surface area contributed by atoms with Crippen LogP contribution in [0.5, 0.6) is 40.2 Å². The second-order valence-corrected chi connectivity index (χ2v) is 13.7. The number of quaternary nitrogens is 1. The molecule has 0 amide bonds. The number of fused-ring (bicyclic) bond motifs is 2. The third-order valence-electron chi connectivity index (χ3n) is 11.1. The summed E-state index contributed by atoms with van der Waals surface area (Å²) in [6.45, 7) is 3.28. The predicted molar refractivity (Wildman–Crippen MR) is 184 cm³/mol. The second kappa shape index (κ2) is 12.9. The molecule has 256 valence electrons. The minimum atomic E-state index is -1.06. The molecule has 0 saturated carbocycles. The van der Waals surface area contributed by atoms with Crippen LogP contribution in [0.25, 0.3) is 0 Å². The molecule has 6 bridgehead atoms. The Morgan fingerprint density at radius 2 is 1.57 bits per heavy atom. The van der Waals surface area contributed by atoms with Gasteiger partial charge in [-0.3, -0.25) is 4.90 Å². The number of carbonyl (C=O) groups excluding carboxylic acids is 1. The molecule has 4 aromatic carbocycles. The molecule has 0 N–H and O–H groups in total. The summed E-state index contributed by atoms with van der Waals surface area (Å²) in [6.07, 6.45) is 2.87. The zero-order chi connectivity index (χ0) is 34.4. The lowest BCUT2D eigenvalue weighted by atomic mass is 9.85. The first-order valence-electron chi connectivity index (χ1n) is 16.9. The molecule has 4 atom stereocenters. The molecular weight excluding hydrogens is 620 g/mol. The summed E-state index contributed by atoms with van der Waals surface area (Å²) in [4.78, 5) is 14.8. The lowest BCUT2D eigenvalue weighted by Crippen LogP contribution is -2.62. The molecule has 4 aromatic rings. The Hall–Kier alpha value is -4.73. The van der Waals surface area contributed by atoms with Crippen molar-refractivity contribution >= 4 is 5.97 Å². The van der Waals surface area contributed by atoms with E-state index < -0.39 is 12.0 Å². The van der Waals surface area contributed by atoms with Crippen molar-refractivity contribution in [1.82, 2.24) is 4.90 Å². The van der Waals surface area contributed by atoms with E-state index in [9.17, 15) is 9.90 Å². The van der Waals surface area contributed by atoms with E-state index in [2.05, 4.69) is 54.4 Å². The summed E-state index contributed by atoms with van der Waals surface area (Å²) >= 11 is 0.